The summed E-state index contributed by atoms with van der Waals surface area (Å²) in [7, 11) is 0. The fourth-order valence-corrected chi connectivity index (χ4v) is 3.08. The van der Waals surface area contributed by atoms with Gasteiger partial charge in [0.15, 0.2) is 5.82 Å². The number of nitrogens with zero attached hydrogens (tertiary/aromatic N) is 3. The number of carbonyl (C=O) groups is 1. The van der Waals surface area contributed by atoms with Crippen LogP contribution in [0.1, 0.15) is 49.9 Å². The number of carbonyl (C=O) groups excluding carboxylic acids is 1. The summed E-state index contributed by atoms with van der Waals surface area (Å²) in [5, 5.41) is 14.8. The van der Waals surface area contributed by atoms with E-state index in [9.17, 15) is 9.90 Å². The SMILES string of the molecule is CC(C)c1noc(CC2(O)CCCN(C(=O)OCc3ccccc3)C2)n1. The van der Waals surface area contributed by atoms with Crippen LogP contribution < -0.4 is 0 Å². The summed E-state index contributed by atoms with van der Waals surface area (Å²) in [5.41, 5.74) is -0.148. The molecule has 1 atom stereocenters. The molecule has 1 unspecified atom stereocenters. The molecule has 0 saturated carbocycles. The van der Waals surface area contributed by atoms with Gasteiger partial charge in [-0.25, -0.2) is 4.79 Å². The number of hydrogen-bond donors (Lipinski definition) is 1. The van der Waals surface area contributed by atoms with Crippen LogP contribution in [-0.4, -0.2) is 44.9 Å². The molecule has 7 nitrogen and oxygen atoms in total. The Morgan fingerprint density at radius 2 is 2.15 bits per heavy atom. The molecule has 1 aromatic carbocycles. The number of hydrogen-bond acceptors (Lipinski definition) is 6. The average molecular weight is 359 g/mol. The topological polar surface area (TPSA) is 88.7 Å². The van der Waals surface area contributed by atoms with Gasteiger partial charge in [0.1, 0.15) is 6.61 Å². The second kappa shape index (κ2) is 7.86. The first-order valence-electron chi connectivity index (χ1n) is 8.96. The first-order valence-corrected chi connectivity index (χ1v) is 8.96. The van der Waals surface area contributed by atoms with E-state index in [1.165, 1.54) is 0 Å². The Hall–Kier alpha value is -2.41. The molecular weight excluding hydrogens is 334 g/mol. The lowest BCUT2D eigenvalue weighted by Crippen LogP contribution is -2.51. The Kier molecular flexibility index (Phi) is 5.56. The first kappa shape index (κ1) is 18.4. The van der Waals surface area contributed by atoms with Crippen LogP contribution in [0.25, 0.3) is 0 Å². The number of piperidine rings is 1. The predicted octanol–water partition coefficient (Wildman–Crippen LogP) is 2.90. The van der Waals surface area contributed by atoms with Crippen LogP contribution in [-0.2, 0) is 17.8 Å². The third-order valence-electron chi connectivity index (χ3n) is 4.50. The van der Waals surface area contributed by atoms with E-state index in [1.807, 2.05) is 44.2 Å². The maximum absolute atomic E-state index is 12.3. The summed E-state index contributed by atoms with van der Waals surface area (Å²) >= 11 is 0. The number of rotatable bonds is 5. The van der Waals surface area contributed by atoms with E-state index in [0.717, 1.165) is 5.56 Å². The van der Waals surface area contributed by atoms with Crippen molar-refractivity contribution in [1.82, 2.24) is 15.0 Å². The number of β-amino-alcohol motifs (C(OH)–C–C–N with tert-alkyl or cyclic N) is 1. The summed E-state index contributed by atoms with van der Waals surface area (Å²) in [4.78, 5) is 18.2. The molecular formula is C19H25N3O4. The summed E-state index contributed by atoms with van der Waals surface area (Å²) in [6.07, 6.45) is 1.09. The molecule has 0 radical (unpaired) electrons. The van der Waals surface area contributed by atoms with Crippen molar-refractivity contribution in [3.63, 3.8) is 0 Å². The van der Waals surface area contributed by atoms with Crippen LogP contribution in [0.15, 0.2) is 34.9 Å². The largest absolute Gasteiger partial charge is 0.445 e. The number of aliphatic hydroxyl groups is 1. The third kappa shape index (κ3) is 4.60. The highest BCUT2D eigenvalue weighted by molar-refractivity contribution is 5.68. The number of benzene rings is 1. The van der Waals surface area contributed by atoms with E-state index in [2.05, 4.69) is 10.1 Å². The van der Waals surface area contributed by atoms with Crippen molar-refractivity contribution in [2.24, 2.45) is 0 Å². The van der Waals surface area contributed by atoms with Crippen molar-refractivity contribution in [1.29, 1.82) is 0 Å². The van der Waals surface area contributed by atoms with E-state index in [-0.39, 0.29) is 25.5 Å². The summed E-state index contributed by atoms with van der Waals surface area (Å²) in [5.74, 6) is 1.19. The van der Waals surface area contributed by atoms with E-state index >= 15 is 0 Å². The molecule has 2 aromatic rings. The molecule has 140 valence electrons. The van der Waals surface area contributed by atoms with Crippen LogP contribution in [0.3, 0.4) is 0 Å². The van der Waals surface area contributed by atoms with Gasteiger partial charge in [0.25, 0.3) is 0 Å². The molecule has 0 aliphatic carbocycles. The van der Waals surface area contributed by atoms with Gasteiger partial charge in [-0.3, -0.25) is 0 Å². The van der Waals surface area contributed by atoms with Crippen molar-refractivity contribution in [2.75, 3.05) is 13.1 Å². The Labute approximate surface area is 153 Å². The van der Waals surface area contributed by atoms with Gasteiger partial charge in [0, 0.05) is 12.5 Å². The Bertz CT molecular complexity index is 731. The van der Waals surface area contributed by atoms with Crippen molar-refractivity contribution < 1.29 is 19.2 Å². The molecule has 0 spiro atoms. The van der Waals surface area contributed by atoms with Crippen molar-refractivity contribution >= 4 is 6.09 Å². The first-order chi connectivity index (χ1) is 12.5. The van der Waals surface area contributed by atoms with Gasteiger partial charge >= 0.3 is 6.09 Å². The molecule has 1 aromatic heterocycles. The molecule has 1 amide bonds. The lowest BCUT2D eigenvalue weighted by Gasteiger charge is -2.37. The van der Waals surface area contributed by atoms with E-state index < -0.39 is 11.7 Å². The Balaban J connectivity index is 1.57. The number of likely N-dealkylation sites (tertiary alicyclic amines) is 1. The quantitative estimate of drug-likeness (QED) is 0.883. The van der Waals surface area contributed by atoms with E-state index in [1.54, 1.807) is 4.90 Å². The van der Waals surface area contributed by atoms with Gasteiger partial charge in [-0.05, 0) is 18.4 Å². The van der Waals surface area contributed by atoms with Crippen molar-refractivity contribution in [3.8, 4) is 0 Å². The van der Waals surface area contributed by atoms with Crippen LogP contribution >= 0.6 is 0 Å². The van der Waals surface area contributed by atoms with Gasteiger partial charge in [-0.15, -0.1) is 0 Å². The van der Waals surface area contributed by atoms with Gasteiger partial charge < -0.3 is 19.3 Å². The van der Waals surface area contributed by atoms with Gasteiger partial charge in [-0.2, -0.15) is 4.98 Å². The van der Waals surface area contributed by atoms with E-state index in [0.29, 0.717) is 31.1 Å². The van der Waals surface area contributed by atoms with Crippen molar-refractivity contribution in [2.45, 2.75) is 51.2 Å². The Morgan fingerprint density at radius 1 is 1.38 bits per heavy atom. The highest BCUT2D eigenvalue weighted by Crippen LogP contribution is 2.26. The molecule has 0 bridgehead atoms. The fourth-order valence-electron chi connectivity index (χ4n) is 3.08. The van der Waals surface area contributed by atoms with Crippen LogP contribution in [0.4, 0.5) is 4.79 Å². The molecule has 1 saturated heterocycles. The number of amides is 1. The minimum absolute atomic E-state index is 0.165. The maximum Gasteiger partial charge on any atom is 0.410 e. The molecule has 7 heteroatoms. The lowest BCUT2D eigenvalue weighted by molar-refractivity contribution is -0.0343. The zero-order chi connectivity index (χ0) is 18.6. The molecule has 1 aliphatic rings. The lowest BCUT2D eigenvalue weighted by atomic mass is 9.90. The zero-order valence-corrected chi connectivity index (χ0v) is 15.2. The van der Waals surface area contributed by atoms with Gasteiger partial charge in [-0.1, -0.05) is 49.3 Å². The smallest absolute Gasteiger partial charge is 0.410 e. The highest BCUT2D eigenvalue weighted by atomic mass is 16.6. The average Bonchev–Trinajstić information content (AvgIpc) is 3.08. The highest BCUT2D eigenvalue weighted by Gasteiger charge is 2.37. The van der Waals surface area contributed by atoms with E-state index in [4.69, 9.17) is 9.26 Å². The van der Waals surface area contributed by atoms with Crippen molar-refractivity contribution in [3.05, 3.63) is 47.6 Å². The number of aromatic nitrogens is 2. The molecule has 3 rings (SSSR count). The minimum atomic E-state index is -1.08. The molecule has 2 heterocycles. The molecule has 1 N–H and O–H groups in total. The predicted molar refractivity (Wildman–Crippen MR) is 94.5 cm³/mol. The standard InChI is InChI=1S/C19H25N3O4/c1-14(2)17-20-16(26-21-17)11-19(24)9-6-10-22(13-19)18(23)25-12-15-7-4-3-5-8-15/h3-5,7-8,14,24H,6,9-13H2,1-2H3. The summed E-state index contributed by atoms with van der Waals surface area (Å²) in [6.45, 7) is 4.94. The Morgan fingerprint density at radius 3 is 2.85 bits per heavy atom. The number of ether oxygens (including phenoxy) is 1. The molecule has 26 heavy (non-hydrogen) atoms. The van der Waals surface area contributed by atoms with Gasteiger partial charge in [0.2, 0.25) is 5.89 Å². The zero-order valence-electron chi connectivity index (χ0n) is 15.2. The summed E-state index contributed by atoms with van der Waals surface area (Å²) in [6, 6.07) is 9.53. The molecule has 1 aliphatic heterocycles. The second-order valence-corrected chi connectivity index (χ2v) is 7.17. The van der Waals surface area contributed by atoms with Crippen LogP contribution in [0, 0.1) is 0 Å². The van der Waals surface area contributed by atoms with Crippen LogP contribution in [0.2, 0.25) is 0 Å². The second-order valence-electron chi connectivity index (χ2n) is 7.17. The normalized spacial score (nSPS) is 20.4. The van der Waals surface area contributed by atoms with Gasteiger partial charge in [0.05, 0.1) is 18.6 Å². The minimum Gasteiger partial charge on any atom is -0.445 e. The fraction of sp³-hybridized carbons (Fsp3) is 0.526. The third-order valence-corrected chi connectivity index (χ3v) is 4.50. The van der Waals surface area contributed by atoms with Crippen LogP contribution in [0.5, 0.6) is 0 Å². The summed E-state index contributed by atoms with van der Waals surface area (Å²) < 4.78 is 10.6. The molecule has 1 fully saturated rings. The maximum atomic E-state index is 12.3. The monoisotopic (exact) mass is 359 g/mol.